The normalized spacial score (nSPS) is 16.5. The molecular weight excluding hydrogens is 272 g/mol. The number of anilines is 1. The second-order valence-corrected chi connectivity index (χ2v) is 5.05. The summed E-state index contributed by atoms with van der Waals surface area (Å²) in [6, 6.07) is 1.76. The first-order valence-corrected chi connectivity index (χ1v) is 7.34. The third-order valence-corrected chi connectivity index (χ3v) is 3.30. The third kappa shape index (κ3) is 4.86. The number of hydrogen-bond donors (Lipinski definition) is 1. The summed E-state index contributed by atoms with van der Waals surface area (Å²) in [7, 11) is 0. The van der Waals surface area contributed by atoms with E-state index in [1.807, 2.05) is 11.8 Å². The lowest BCUT2D eigenvalue weighted by Crippen LogP contribution is -2.34. The van der Waals surface area contributed by atoms with Crippen molar-refractivity contribution >= 4 is 11.9 Å². The van der Waals surface area contributed by atoms with Crippen LogP contribution in [0.4, 0.5) is 5.95 Å². The van der Waals surface area contributed by atoms with Crippen LogP contribution in [0.25, 0.3) is 0 Å². The van der Waals surface area contributed by atoms with Gasteiger partial charge in [0.25, 0.3) is 0 Å². The summed E-state index contributed by atoms with van der Waals surface area (Å²) in [5.41, 5.74) is 0. The molecule has 0 unspecified atom stereocenters. The Bertz CT molecular complexity index is 469. The van der Waals surface area contributed by atoms with Gasteiger partial charge in [0.1, 0.15) is 0 Å². The van der Waals surface area contributed by atoms with Gasteiger partial charge in [-0.3, -0.25) is 9.69 Å². The summed E-state index contributed by atoms with van der Waals surface area (Å²) in [4.78, 5) is 23.5. The predicted octanol–water partition coefficient (Wildman–Crippen LogP) is 0.862. The Hall–Kier alpha value is -1.89. The lowest BCUT2D eigenvalue weighted by atomic mass is 10.4. The summed E-state index contributed by atoms with van der Waals surface area (Å²) in [6.07, 6.45) is 3.54. The van der Waals surface area contributed by atoms with Crippen LogP contribution in [0.3, 0.4) is 0 Å². The molecule has 0 amide bonds. The van der Waals surface area contributed by atoms with E-state index in [9.17, 15) is 4.79 Å². The average molecular weight is 294 g/mol. The lowest BCUT2D eigenvalue weighted by Gasteiger charge is -2.21. The Labute approximate surface area is 124 Å². The van der Waals surface area contributed by atoms with E-state index in [2.05, 4.69) is 14.9 Å². The molecule has 1 aliphatic rings. The van der Waals surface area contributed by atoms with Crippen molar-refractivity contribution in [2.75, 3.05) is 44.2 Å². The number of ether oxygens (including phenoxy) is 1. The molecule has 0 spiro atoms. The number of carbonyl (C=O) groups is 1. The second kappa shape index (κ2) is 7.78. The SMILES string of the molecule is CCCOc1ccnc(N2CCCN(CC(=O)O)CC2)n1. The molecule has 0 aromatic carbocycles. The first-order chi connectivity index (χ1) is 10.2. The Morgan fingerprint density at radius 3 is 3.00 bits per heavy atom. The van der Waals surface area contributed by atoms with Crippen LogP contribution in [0.15, 0.2) is 12.3 Å². The van der Waals surface area contributed by atoms with Crippen molar-refractivity contribution in [2.24, 2.45) is 0 Å². The summed E-state index contributed by atoms with van der Waals surface area (Å²) in [5.74, 6) is 0.462. The van der Waals surface area contributed by atoms with Gasteiger partial charge in [-0.05, 0) is 12.8 Å². The van der Waals surface area contributed by atoms with Crippen LogP contribution in [0.1, 0.15) is 19.8 Å². The van der Waals surface area contributed by atoms with E-state index in [0.29, 0.717) is 25.0 Å². The number of carboxylic acids is 1. The lowest BCUT2D eigenvalue weighted by molar-refractivity contribution is -0.138. The molecule has 0 saturated carbocycles. The van der Waals surface area contributed by atoms with Crippen molar-refractivity contribution in [3.63, 3.8) is 0 Å². The molecule has 1 N–H and O–H groups in total. The van der Waals surface area contributed by atoms with Crippen LogP contribution in [0.2, 0.25) is 0 Å². The highest BCUT2D eigenvalue weighted by Gasteiger charge is 2.18. The van der Waals surface area contributed by atoms with Gasteiger partial charge in [-0.2, -0.15) is 4.98 Å². The number of rotatable bonds is 6. The minimum absolute atomic E-state index is 0.0916. The van der Waals surface area contributed by atoms with Crippen LogP contribution in [0.5, 0.6) is 5.88 Å². The molecule has 0 aliphatic carbocycles. The first kappa shape index (κ1) is 15.5. The second-order valence-electron chi connectivity index (χ2n) is 5.05. The van der Waals surface area contributed by atoms with E-state index in [1.165, 1.54) is 0 Å². The smallest absolute Gasteiger partial charge is 0.317 e. The quantitative estimate of drug-likeness (QED) is 0.833. The topological polar surface area (TPSA) is 78.8 Å². The fraction of sp³-hybridized carbons (Fsp3) is 0.643. The fourth-order valence-corrected chi connectivity index (χ4v) is 2.29. The van der Waals surface area contributed by atoms with Gasteiger partial charge < -0.3 is 14.7 Å². The number of nitrogens with zero attached hydrogens (tertiary/aromatic N) is 4. The van der Waals surface area contributed by atoms with Crippen LogP contribution < -0.4 is 9.64 Å². The zero-order valence-corrected chi connectivity index (χ0v) is 12.4. The molecule has 1 aliphatic heterocycles. The van der Waals surface area contributed by atoms with E-state index >= 15 is 0 Å². The zero-order chi connectivity index (χ0) is 15.1. The standard InChI is InChI=1S/C14H22N4O3/c1-2-10-21-12-4-5-15-14(16-12)18-7-3-6-17(8-9-18)11-13(19)20/h4-5H,2-3,6-11H2,1H3,(H,19,20). The van der Waals surface area contributed by atoms with Crippen LogP contribution >= 0.6 is 0 Å². The summed E-state index contributed by atoms with van der Waals surface area (Å²) in [5, 5.41) is 8.86. The summed E-state index contributed by atoms with van der Waals surface area (Å²) in [6.45, 7) is 5.83. The highest BCUT2D eigenvalue weighted by molar-refractivity contribution is 5.69. The van der Waals surface area contributed by atoms with Gasteiger partial charge in [0.15, 0.2) is 0 Å². The molecule has 116 valence electrons. The molecule has 0 atom stereocenters. The Morgan fingerprint density at radius 2 is 2.24 bits per heavy atom. The maximum atomic E-state index is 10.8. The van der Waals surface area contributed by atoms with Gasteiger partial charge in [-0.1, -0.05) is 6.92 Å². The van der Waals surface area contributed by atoms with Crippen LogP contribution in [-0.2, 0) is 4.79 Å². The van der Waals surface area contributed by atoms with Crippen molar-refractivity contribution in [1.29, 1.82) is 0 Å². The van der Waals surface area contributed by atoms with E-state index in [1.54, 1.807) is 12.3 Å². The highest BCUT2D eigenvalue weighted by atomic mass is 16.5. The molecule has 1 aromatic heterocycles. The minimum atomic E-state index is -0.783. The predicted molar refractivity (Wildman–Crippen MR) is 78.7 cm³/mol. The van der Waals surface area contributed by atoms with Crippen molar-refractivity contribution < 1.29 is 14.6 Å². The van der Waals surface area contributed by atoms with Gasteiger partial charge in [0, 0.05) is 38.4 Å². The van der Waals surface area contributed by atoms with Gasteiger partial charge in [0.05, 0.1) is 13.2 Å². The molecular formula is C14H22N4O3. The maximum Gasteiger partial charge on any atom is 0.317 e. The van der Waals surface area contributed by atoms with Gasteiger partial charge in [0.2, 0.25) is 11.8 Å². The largest absolute Gasteiger partial charge is 0.480 e. The summed E-state index contributed by atoms with van der Waals surface area (Å²) < 4.78 is 5.53. The molecule has 0 bridgehead atoms. The first-order valence-electron chi connectivity index (χ1n) is 7.34. The number of aliphatic carboxylic acids is 1. The average Bonchev–Trinajstić information content (AvgIpc) is 2.70. The van der Waals surface area contributed by atoms with E-state index in [-0.39, 0.29) is 6.54 Å². The van der Waals surface area contributed by atoms with Gasteiger partial charge in [-0.15, -0.1) is 0 Å². The molecule has 2 rings (SSSR count). The third-order valence-electron chi connectivity index (χ3n) is 3.30. The number of aromatic nitrogens is 2. The maximum absolute atomic E-state index is 10.8. The van der Waals surface area contributed by atoms with E-state index in [4.69, 9.17) is 9.84 Å². The van der Waals surface area contributed by atoms with Crippen molar-refractivity contribution in [1.82, 2.24) is 14.9 Å². The molecule has 1 saturated heterocycles. The molecule has 1 aromatic rings. The zero-order valence-electron chi connectivity index (χ0n) is 12.4. The van der Waals surface area contributed by atoms with Gasteiger partial charge >= 0.3 is 5.97 Å². The molecule has 7 heteroatoms. The molecule has 7 nitrogen and oxygen atoms in total. The van der Waals surface area contributed by atoms with Crippen molar-refractivity contribution in [3.05, 3.63) is 12.3 Å². The van der Waals surface area contributed by atoms with Crippen molar-refractivity contribution in [2.45, 2.75) is 19.8 Å². The molecule has 21 heavy (non-hydrogen) atoms. The molecule has 2 heterocycles. The Morgan fingerprint density at radius 1 is 1.38 bits per heavy atom. The van der Waals surface area contributed by atoms with Gasteiger partial charge in [-0.25, -0.2) is 4.98 Å². The fourth-order valence-electron chi connectivity index (χ4n) is 2.29. The Kier molecular flexibility index (Phi) is 5.74. The number of hydrogen-bond acceptors (Lipinski definition) is 6. The monoisotopic (exact) mass is 294 g/mol. The molecule has 0 radical (unpaired) electrons. The highest BCUT2D eigenvalue weighted by Crippen LogP contribution is 2.15. The van der Waals surface area contributed by atoms with Crippen LogP contribution in [-0.4, -0.2) is 65.3 Å². The summed E-state index contributed by atoms with van der Waals surface area (Å²) >= 11 is 0. The van der Waals surface area contributed by atoms with E-state index < -0.39 is 5.97 Å². The van der Waals surface area contributed by atoms with Crippen LogP contribution in [0, 0.1) is 0 Å². The van der Waals surface area contributed by atoms with E-state index in [0.717, 1.165) is 32.5 Å². The number of carboxylic acid groups (broad SMARTS) is 1. The van der Waals surface area contributed by atoms with Crippen molar-refractivity contribution in [3.8, 4) is 5.88 Å². The minimum Gasteiger partial charge on any atom is -0.480 e. The Balaban J connectivity index is 1.96. The molecule has 1 fully saturated rings.